The van der Waals surface area contributed by atoms with Gasteiger partial charge in [-0.05, 0) is 53.1 Å². The number of carbonyl (C=O) groups is 5. The highest BCUT2D eigenvalue weighted by molar-refractivity contribution is 7.20. The number of alkyl carbamates (subject to hydrolysis) is 1. The number of hydrogen-bond acceptors (Lipinski definition) is 10. The van der Waals surface area contributed by atoms with Gasteiger partial charge in [0.15, 0.2) is 5.01 Å². The summed E-state index contributed by atoms with van der Waals surface area (Å²) in [6, 6.07) is 26.6. The Kier molecular flexibility index (Phi) is 12.2. The Morgan fingerprint density at radius 2 is 1.40 bits per heavy atom. The van der Waals surface area contributed by atoms with Crippen LogP contribution < -0.4 is 21.3 Å². The number of thiazole rings is 1. The molecular formula is C37H34N6O8S. The largest absolute Gasteiger partial charge is 0.508 e. The number of guanidine groups is 1. The van der Waals surface area contributed by atoms with Crippen molar-refractivity contribution in [2.45, 2.75) is 38.5 Å². The summed E-state index contributed by atoms with van der Waals surface area (Å²) < 4.78 is 5.95. The van der Waals surface area contributed by atoms with Crippen LogP contribution in [0, 0.1) is 0 Å². The van der Waals surface area contributed by atoms with E-state index in [-0.39, 0.29) is 35.9 Å². The van der Waals surface area contributed by atoms with Crippen molar-refractivity contribution in [3.63, 3.8) is 0 Å². The number of Topliss-reactive ketones (excluding diaryl/α,β-unsaturated/α-hetero) is 1. The maximum absolute atomic E-state index is 13.9. The molecule has 0 saturated carbocycles. The van der Waals surface area contributed by atoms with Crippen LogP contribution in [0.1, 0.15) is 33.4 Å². The van der Waals surface area contributed by atoms with Crippen molar-refractivity contribution in [1.29, 1.82) is 0 Å². The van der Waals surface area contributed by atoms with E-state index in [9.17, 15) is 34.2 Å². The van der Waals surface area contributed by atoms with Gasteiger partial charge in [0, 0.05) is 19.8 Å². The number of rotatable bonds is 12. The van der Waals surface area contributed by atoms with Crippen molar-refractivity contribution in [1.82, 2.24) is 26.3 Å². The second-order valence-electron chi connectivity index (χ2n) is 11.5. The van der Waals surface area contributed by atoms with Crippen molar-refractivity contribution < 1.29 is 38.9 Å². The van der Waals surface area contributed by atoms with Gasteiger partial charge in [0.25, 0.3) is 0 Å². The number of para-hydroxylation sites is 1. The fraction of sp³-hybridized carbons (Fsp3) is 0.162. The zero-order chi connectivity index (χ0) is 37.0. The number of nitrogens with one attached hydrogen (secondary N) is 4. The number of ketones is 1. The van der Waals surface area contributed by atoms with Gasteiger partial charge in [-0.2, -0.15) is 0 Å². The Morgan fingerprint density at radius 1 is 0.769 bits per heavy atom. The molecule has 0 aliphatic heterocycles. The predicted octanol–water partition coefficient (Wildman–Crippen LogP) is 4.84. The van der Waals surface area contributed by atoms with Crippen molar-refractivity contribution in [3.8, 4) is 5.75 Å². The Labute approximate surface area is 301 Å². The molecule has 6 N–H and O–H groups in total. The maximum atomic E-state index is 13.9. The van der Waals surface area contributed by atoms with Crippen LogP contribution in [0.25, 0.3) is 10.2 Å². The highest BCUT2D eigenvalue weighted by atomic mass is 32.1. The zero-order valence-corrected chi connectivity index (χ0v) is 28.6. The molecule has 0 radical (unpaired) electrons. The van der Waals surface area contributed by atoms with Crippen molar-refractivity contribution in [2.75, 3.05) is 0 Å². The summed E-state index contributed by atoms with van der Waals surface area (Å²) in [5.41, 5.74) is 2.91. The van der Waals surface area contributed by atoms with Gasteiger partial charge >= 0.3 is 12.2 Å². The summed E-state index contributed by atoms with van der Waals surface area (Å²) in [4.78, 5) is 72.1. The van der Waals surface area contributed by atoms with Crippen LogP contribution in [0.4, 0.5) is 15.3 Å². The summed E-state index contributed by atoms with van der Waals surface area (Å²) in [5.74, 6) is -1.83. The number of amides is 4. The molecule has 5 aromatic rings. The zero-order valence-electron chi connectivity index (χ0n) is 27.7. The second kappa shape index (κ2) is 17.4. The Balaban J connectivity index is 1.35. The fourth-order valence-electron chi connectivity index (χ4n) is 5.05. The van der Waals surface area contributed by atoms with Crippen molar-refractivity contribution in [3.05, 3.63) is 125 Å². The van der Waals surface area contributed by atoms with E-state index in [1.54, 1.807) is 66.7 Å². The number of nitrogens with zero attached hydrogens (tertiary/aromatic N) is 2. The second-order valence-corrected chi connectivity index (χ2v) is 12.5. The first-order valence-corrected chi connectivity index (χ1v) is 16.7. The molecule has 266 valence electrons. The molecule has 1 unspecified atom stereocenters. The smallest absolute Gasteiger partial charge is 0.414 e. The number of fused-ring (bicyclic) bond motifs is 1. The third kappa shape index (κ3) is 10.7. The van der Waals surface area contributed by atoms with E-state index in [1.165, 1.54) is 30.4 Å². The average molecular weight is 723 g/mol. The quantitative estimate of drug-likeness (QED) is 0.0591. The molecule has 1 aromatic heterocycles. The number of benzene rings is 4. The van der Waals surface area contributed by atoms with Crippen LogP contribution in [0.2, 0.25) is 0 Å². The van der Waals surface area contributed by atoms with E-state index in [0.717, 1.165) is 10.3 Å². The van der Waals surface area contributed by atoms with Crippen molar-refractivity contribution >= 4 is 63.0 Å². The fourth-order valence-corrected chi connectivity index (χ4v) is 6.01. The van der Waals surface area contributed by atoms with E-state index >= 15 is 0 Å². The van der Waals surface area contributed by atoms with E-state index in [0.29, 0.717) is 16.6 Å². The molecule has 15 heteroatoms. The molecule has 14 nitrogen and oxygen atoms in total. The monoisotopic (exact) mass is 722 g/mol. The minimum atomic E-state index is -1.46. The average Bonchev–Trinajstić information content (AvgIpc) is 3.56. The number of ether oxygens (including phenoxy) is 1. The first-order valence-electron chi connectivity index (χ1n) is 15.9. The van der Waals surface area contributed by atoms with Crippen LogP contribution in [-0.4, -0.2) is 63.0 Å². The highest BCUT2D eigenvalue weighted by Gasteiger charge is 2.29. The van der Waals surface area contributed by atoms with Gasteiger partial charge in [-0.15, -0.1) is 11.3 Å². The predicted molar refractivity (Wildman–Crippen MR) is 193 cm³/mol. The van der Waals surface area contributed by atoms with Gasteiger partial charge < -0.3 is 25.6 Å². The van der Waals surface area contributed by atoms with Crippen LogP contribution >= 0.6 is 11.3 Å². The summed E-state index contributed by atoms with van der Waals surface area (Å²) in [6.07, 6.45) is -2.27. The lowest BCUT2D eigenvalue weighted by molar-refractivity contribution is -0.128. The molecule has 0 spiro atoms. The number of phenolic OH excluding ortho intramolecular Hbond substituents is 1. The van der Waals surface area contributed by atoms with Crippen molar-refractivity contribution in [2.24, 2.45) is 4.99 Å². The lowest BCUT2D eigenvalue weighted by Gasteiger charge is -2.22. The third-order valence-electron chi connectivity index (χ3n) is 7.48. The lowest BCUT2D eigenvalue weighted by atomic mass is 10.00. The number of aromatic hydroxyl groups is 1. The van der Waals surface area contributed by atoms with Gasteiger partial charge in [-0.3, -0.25) is 25.0 Å². The molecule has 0 fully saturated rings. The normalized spacial score (nSPS) is 12.3. The minimum Gasteiger partial charge on any atom is -0.508 e. The molecule has 0 aliphatic carbocycles. The molecule has 2 atom stereocenters. The van der Waals surface area contributed by atoms with Crippen LogP contribution in [0.3, 0.4) is 0 Å². The topological polar surface area (TPSA) is 208 Å². The molecule has 5 rings (SSSR count). The lowest BCUT2D eigenvalue weighted by Crippen LogP contribution is -2.52. The molecule has 0 aliphatic rings. The van der Waals surface area contributed by atoms with Crippen LogP contribution in [0.15, 0.2) is 108 Å². The van der Waals surface area contributed by atoms with E-state index in [1.807, 2.05) is 29.6 Å². The molecule has 4 aromatic carbocycles. The summed E-state index contributed by atoms with van der Waals surface area (Å²) >= 11 is 1.19. The summed E-state index contributed by atoms with van der Waals surface area (Å²) in [6.45, 7) is 1.24. The van der Waals surface area contributed by atoms with Gasteiger partial charge in [0.05, 0.1) is 21.9 Å². The maximum Gasteiger partial charge on any atom is 0.414 e. The standard InChI is InChI=1S/C37H34N6O8S/c1-22(44)38-30(20-24-13-17-27(45)18-14-24)33(47)40-29(32(46)34-41-28-9-5-6-10-31(28)52-34)19-23-11-15-26(16-12-23)39-35(42-36(48)49)43-37(50)51-21-25-7-3-2-4-8-25/h2-18,29-30,45H,19-21H2,1H3,(H,38,44)(H,40,47)(H,48,49)(H2,39,42,43,50)/t29?,30-/m0/s1. The first kappa shape index (κ1) is 36.7. The number of aliphatic imine (C=N–C) groups is 1. The van der Waals surface area contributed by atoms with E-state index in [2.05, 4.69) is 25.9 Å². The van der Waals surface area contributed by atoms with Gasteiger partial charge in [-0.1, -0.05) is 66.7 Å². The Hall–Kier alpha value is -6.61. The number of carbonyl (C=O) groups excluding carboxylic acids is 4. The molecule has 0 saturated heterocycles. The van der Waals surface area contributed by atoms with Gasteiger partial charge in [0.2, 0.25) is 23.6 Å². The van der Waals surface area contributed by atoms with Gasteiger partial charge in [-0.25, -0.2) is 19.6 Å². The Morgan fingerprint density at radius 3 is 2.06 bits per heavy atom. The third-order valence-corrected chi connectivity index (χ3v) is 8.53. The van der Waals surface area contributed by atoms with Crippen LogP contribution in [-0.2, 0) is 33.8 Å². The number of hydrogen-bond donors (Lipinski definition) is 6. The summed E-state index contributed by atoms with van der Waals surface area (Å²) in [5, 5.41) is 28.9. The molecule has 0 bridgehead atoms. The summed E-state index contributed by atoms with van der Waals surface area (Å²) in [7, 11) is 0. The number of aromatic nitrogens is 1. The number of phenols is 1. The highest BCUT2D eigenvalue weighted by Crippen LogP contribution is 2.24. The van der Waals surface area contributed by atoms with E-state index in [4.69, 9.17) is 4.74 Å². The minimum absolute atomic E-state index is 0.0286. The molecule has 4 amide bonds. The van der Waals surface area contributed by atoms with Gasteiger partial charge in [0.1, 0.15) is 18.4 Å². The Bertz CT molecular complexity index is 2050. The molecule has 1 heterocycles. The van der Waals surface area contributed by atoms with E-state index < -0.39 is 47.8 Å². The molecule has 52 heavy (non-hydrogen) atoms. The first-order chi connectivity index (χ1) is 25.0. The number of carboxylic acid groups (broad SMARTS) is 1. The van der Waals surface area contributed by atoms with Crippen LogP contribution in [0.5, 0.6) is 5.75 Å². The SMILES string of the molecule is CC(=O)N[C@@H](Cc1ccc(O)cc1)C(=O)NC(Cc1ccc(N=C(NC(=O)O)NC(=O)OCc2ccccc2)cc1)C(=O)c1nc2ccccc2s1. The molecular weight excluding hydrogens is 689 g/mol.